The van der Waals surface area contributed by atoms with Gasteiger partial charge >= 0.3 is 0 Å². The maximum Gasteiger partial charge on any atom is 0.257 e. The summed E-state index contributed by atoms with van der Waals surface area (Å²) >= 11 is 0. The molecule has 36 heavy (non-hydrogen) atoms. The monoisotopic (exact) mass is 489 g/mol. The van der Waals surface area contributed by atoms with Crippen molar-refractivity contribution >= 4 is 11.8 Å². The van der Waals surface area contributed by atoms with Gasteiger partial charge in [-0.1, -0.05) is 60.7 Å². The van der Waals surface area contributed by atoms with Crippen LogP contribution in [-0.4, -0.2) is 79.5 Å². The van der Waals surface area contributed by atoms with Crippen molar-refractivity contribution in [1.82, 2.24) is 14.7 Å². The first kappa shape index (κ1) is 25.7. The number of rotatable bonds is 10. The normalized spacial score (nSPS) is 14.2. The van der Waals surface area contributed by atoms with Crippen LogP contribution >= 0.6 is 0 Å². The van der Waals surface area contributed by atoms with E-state index in [2.05, 4.69) is 53.4 Å². The van der Waals surface area contributed by atoms with Crippen LogP contribution in [0.4, 0.5) is 0 Å². The van der Waals surface area contributed by atoms with Gasteiger partial charge in [0.25, 0.3) is 5.91 Å². The summed E-state index contributed by atoms with van der Waals surface area (Å²) in [4.78, 5) is 32.1. The van der Waals surface area contributed by atoms with E-state index >= 15 is 0 Å². The highest BCUT2D eigenvalue weighted by molar-refractivity contribution is 5.95. The van der Waals surface area contributed by atoms with E-state index in [9.17, 15) is 9.59 Å². The lowest BCUT2D eigenvalue weighted by Gasteiger charge is -2.40. The number of amides is 2. The molecule has 0 unspecified atom stereocenters. The van der Waals surface area contributed by atoms with E-state index in [0.29, 0.717) is 44.1 Å². The zero-order valence-corrected chi connectivity index (χ0v) is 21.1. The third-order valence-corrected chi connectivity index (χ3v) is 6.80. The average molecular weight is 490 g/mol. The second kappa shape index (κ2) is 12.5. The molecule has 1 aromatic heterocycles. The molecule has 0 atom stereocenters. The van der Waals surface area contributed by atoms with Crippen molar-refractivity contribution in [3.05, 3.63) is 95.4 Å². The number of carbonyl (C=O) groups is 2. The van der Waals surface area contributed by atoms with Gasteiger partial charge in [0.2, 0.25) is 5.91 Å². The molecule has 2 heterocycles. The van der Waals surface area contributed by atoms with Crippen LogP contribution in [-0.2, 0) is 9.53 Å². The van der Waals surface area contributed by atoms with Gasteiger partial charge in [-0.3, -0.25) is 14.5 Å². The molecule has 1 fully saturated rings. The predicted molar refractivity (Wildman–Crippen MR) is 139 cm³/mol. The predicted octanol–water partition coefficient (Wildman–Crippen LogP) is 4.00. The molecule has 1 aliphatic heterocycles. The number of piperazine rings is 1. The second-order valence-corrected chi connectivity index (χ2v) is 9.07. The Bertz CT molecular complexity index is 1070. The largest absolute Gasteiger partial charge is 0.469 e. The zero-order valence-electron chi connectivity index (χ0n) is 21.1. The molecule has 0 N–H and O–H groups in total. The molecule has 7 nitrogen and oxygen atoms in total. The number of ether oxygens (including phenoxy) is 1. The molecule has 1 aliphatic rings. The number of hydrogen-bond acceptors (Lipinski definition) is 5. The van der Waals surface area contributed by atoms with Gasteiger partial charge in [-0.15, -0.1) is 0 Å². The smallest absolute Gasteiger partial charge is 0.257 e. The Hall–Kier alpha value is -3.42. The molecule has 4 rings (SSSR count). The zero-order chi connectivity index (χ0) is 25.3. The van der Waals surface area contributed by atoms with Crippen LogP contribution in [0.15, 0.2) is 77.4 Å². The number of hydrogen-bond donors (Lipinski definition) is 0. The Morgan fingerprint density at radius 2 is 1.53 bits per heavy atom. The Morgan fingerprint density at radius 3 is 2.06 bits per heavy atom. The molecule has 1 saturated heterocycles. The van der Waals surface area contributed by atoms with Crippen molar-refractivity contribution in [3.63, 3.8) is 0 Å². The molecule has 3 aromatic rings. The van der Waals surface area contributed by atoms with Crippen molar-refractivity contribution in [2.24, 2.45) is 0 Å². The first-order valence-electron chi connectivity index (χ1n) is 12.5. The summed E-state index contributed by atoms with van der Waals surface area (Å²) in [5.41, 5.74) is 3.04. The molecule has 2 amide bonds. The van der Waals surface area contributed by atoms with E-state index in [1.54, 1.807) is 25.0 Å². The minimum atomic E-state index is -0.135. The van der Waals surface area contributed by atoms with Crippen LogP contribution in [0.1, 0.15) is 39.7 Å². The first-order chi connectivity index (χ1) is 17.6. The second-order valence-electron chi connectivity index (χ2n) is 9.07. The summed E-state index contributed by atoms with van der Waals surface area (Å²) < 4.78 is 10.5. The number of benzene rings is 2. The van der Waals surface area contributed by atoms with Gasteiger partial charge in [-0.2, -0.15) is 0 Å². The van der Waals surface area contributed by atoms with Gasteiger partial charge in [0.15, 0.2) is 0 Å². The lowest BCUT2D eigenvalue weighted by Crippen LogP contribution is -2.50. The number of nitrogens with zero attached hydrogens (tertiary/aromatic N) is 3. The van der Waals surface area contributed by atoms with Crippen molar-refractivity contribution in [1.29, 1.82) is 0 Å². The summed E-state index contributed by atoms with van der Waals surface area (Å²) in [5.74, 6) is 0.519. The highest BCUT2D eigenvalue weighted by Gasteiger charge is 2.28. The van der Waals surface area contributed by atoms with Crippen LogP contribution in [0.25, 0.3) is 0 Å². The quantitative estimate of drug-likeness (QED) is 0.431. The molecule has 0 radical (unpaired) electrons. The topological polar surface area (TPSA) is 66.2 Å². The third kappa shape index (κ3) is 6.22. The maximum absolute atomic E-state index is 13.1. The molecule has 7 heteroatoms. The Labute approximate surface area is 213 Å². The van der Waals surface area contributed by atoms with Gasteiger partial charge in [0.1, 0.15) is 5.76 Å². The molecular weight excluding hydrogens is 454 g/mol. The summed E-state index contributed by atoms with van der Waals surface area (Å²) in [5, 5.41) is 0. The Balaban J connectivity index is 1.36. The Kier molecular flexibility index (Phi) is 8.92. The average Bonchev–Trinajstić information content (AvgIpc) is 3.36. The van der Waals surface area contributed by atoms with Gasteiger partial charge in [-0.05, 0) is 24.1 Å². The summed E-state index contributed by atoms with van der Waals surface area (Å²) in [7, 11) is 1.61. The van der Waals surface area contributed by atoms with E-state index in [1.165, 1.54) is 17.4 Å². The third-order valence-electron chi connectivity index (χ3n) is 6.80. The lowest BCUT2D eigenvalue weighted by molar-refractivity contribution is -0.133. The van der Waals surface area contributed by atoms with E-state index in [4.69, 9.17) is 9.15 Å². The molecule has 0 saturated carbocycles. The van der Waals surface area contributed by atoms with Crippen molar-refractivity contribution in [2.45, 2.75) is 19.4 Å². The van der Waals surface area contributed by atoms with Crippen LogP contribution in [0.5, 0.6) is 0 Å². The highest BCUT2D eigenvalue weighted by Crippen LogP contribution is 2.29. The maximum atomic E-state index is 13.1. The highest BCUT2D eigenvalue weighted by atomic mass is 16.5. The fourth-order valence-electron chi connectivity index (χ4n) is 4.80. The number of furan rings is 1. The van der Waals surface area contributed by atoms with Crippen molar-refractivity contribution < 1.29 is 18.7 Å². The number of methoxy groups -OCH3 is 1. The standard InChI is InChI=1S/C29H35N3O4/c1-23-26(14-21-36-23)29(34)32(20-22-35-2)15-13-27(33)30-16-18-31(19-17-30)28(24-9-5-3-6-10-24)25-11-7-4-8-12-25/h3-12,14,21,28H,13,15-20,22H2,1-2H3. The van der Waals surface area contributed by atoms with Gasteiger partial charge in [0.05, 0.1) is 24.5 Å². The van der Waals surface area contributed by atoms with E-state index in [-0.39, 0.29) is 24.3 Å². The van der Waals surface area contributed by atoms with E-state index < -0.39 is 0 Å². The molecule has 190 valence electrons. The van der Waals surface area contributed by atoms with Gasteiger partial charge < -0.3 is 19.0 Å². The lowest BCUT2D eigenvalue weighted by atomic mass is 9.96. The minimum absolute atomic E-state index is 0.0738. The SMILES string of the molecule is COCCN(CCC(=O)N1CCN(C(c2ccccc2)c2ccccc2)CC1)C(=O)c1ccoc1C. The van der Waals surface area contributed by atoms with Gasteiger partial charge in [-0.25, -0.2) is 0 Å². The Morgan fingerprint density at radius 1 is 0.917 bits per heavy atom. The van der Waals surface area contributed by atoms with Crippen LogP contribution in [0.3, 0.4) is 0 Å². The summed E-state index contributed by atoms with van der Waals surface area (Å²) in [6, 6.07) is 22.9. The minimum Gasteiger partial charge on any atom is -0.469 e. The van der Waals surface area contributed by atoms with E-state index in [1.807, 2.05) is 17.0 Å². The molecule has 0 aliphatic carbocycles. The molecule has 2 aromatic carbocycles. The fourth-order valence-corrected chi connectivity index (χ4v) is 4.80. The summed E-state index contributed by atoms with van der Waals surface area (Å²) in [6.45, 7) is 5.88. The molecule has 0 bridgehead atoms. The fraction of sp³-hybridized carbons (Fsp3) is 0.379. The van der Waals surface area contributed by atoms with Crippen molar-refractivity contribution in [2.75, 3.05) is 53.0 Å². The van der Waals surface area contributed by atoms with Crippen LogP contribution in [0, 0.1) is 6.92 Å². The van der Waals surface area contributed by atoms with Crippen molar-refractivity contribution in [3.8, 4) is 0 Å². The van der Waals surface area contributed by atoms with Crippen LogP contribution in [0.2, 0.25) is 0 Å². The molecular formula is C29H35N3O4. The number of carbonyl (C=O) groups excluding carboxylic acids is 2. The van der Waals surface area contributed by atoms with Gasteiger partial charge in [0, 0.05) is 52.8 Å². The van der Waals surface area contributed by atoms with E-state index in [0.717, 1.165) is 13.1 Å². The summed E-state index contributed by atoms with van der Waals surface area (Å²) in [6.07, 6.45) is 1.80. The van der Waals surface area contributed by atoms with Crippen LogP contribution < -0.4 is 0 Å². The first-order valence-corrected chi connectivity index (χ1v) is 12.5. The molecule has 0 spiro atoms. The number of aryl methyl sites for hydroxylation is 1.